The smallest absolute Gasteiger partial charge is 0.309 e. The van der Waals surface area contributed by atoms with Crippen LogP contribution in [0, 0.1) is 0 Å². The Morgan fingerprint density at radius 2 is 1.71 bits per heavy atom. The van der Waals surface area contributed by atoms with Crippen LogP contribution in [0.1, 0.15) is 35.7 Å². The lowest BCUT2D eigenvalue weighted by molar-refractivity contribution is -0.139. The summed E-state index contributed by atoms with van der Waals surface area (Å²) in [6.45, 7) is 3.03. The molecule has 31 heavy (non-hydrogen) atoms. The van der Waals surface area contributed by atoms with Crippen molar-refractivity contribution in [3.63, 3.8) is 0 Å². The molecular formula is C25H26N4O2. The van der Waals surface area contributed by atoms with Crippen LogP contribution in [-0.4, -0.2) is 29.9 Å². The summed E-state index contributed by atoms with van der Waals surface area (Å²) in [5.41, 5.74) is 4.40. The van der Waals surface area contributed by atoms with E-state index in [9.17, 15) is 9.59 Å². The number of hydrogen-bond donors (Lipinski definition) is 2. The number of nitrogens with one attached hydrogen (secondary N) is 2. The Balaban J connectivity index is 1.44. The zero-order valence-corrected chi connectivity index (χ0v) is 17.5. The molecule has 0 bridgehead atoms. The Kier molecular flexibility index (Phi) is 6.26. The molecule has 3 aromatic rings. The van der Waals surface area contributed by atoms with E-state index < -0.39 is 11.8 Å². The molecule has 0 spiro atoms. The minimum Gasteiger partial charge on any atom is -0.362 e. The van der Waals surface area contributed by atoms with Gasteiger partial charge in [0.15, 0.2) is 0 Å². The first-order valence-corrected chi connectivity index (χ1v) is 10.5. The molecule has 0 saturated heterocycles. The van der Waals surface area contributed by atoms with Gasteiger partial charge in [-0.2, -0.15) is 0 Å². The topological polar surface area (TPSA) is 74.3 Å². The number of aromatic nitrogens is 1. The number of anilines is 1. The first kappa shape index (κ1) is 20.6. The normalized spacial score (nSPS) is 14.4. The average Bonchev–Trinajstić information content (AvgIpc) is 3.24. The fourth-order valence-electron chi connectivity index (χ4n) is 4.03. The van der Waals surface area contributed by atoms with Crippen molar-refractivity contribution in [3.8, 4) is 0 Å². The van der Waals surface area contributed by atoms with E-state index in [1.807, 2.05) is 67.7 Å². The third-order valence-corrected chi connectivity index (χ3v) is 5.68. The molecule has 6 nitrogen and oxygen atoms in total. The van der Waals surface area contributed by atoms with Gasteiger partial charge in [0, 0.05) is 31.2 Å². The van der Waals surface area contributed by atoms with Crippen LogP contribution in [0.4, 0.5) is 5.69 Å². The van der Waals surface area contributed by atoms with E-state index >= 15 is 0 Å². The minimum absolute atomic E-state index is 0.111. The van der Waals surface area contributed by atoms with Gasteiger partial charge in [0.2, 0.25) is 0 Å². The molecule has 0 radical (unpaired) electrons. The third-order valence-electron chi connectivity index (χ3n) is 5.68. The molecule has 0 fully saturated rings. The highest BCUT2D eigenvalue weighted by atomic mass is 16.2. The Labute approximate surface area is 182 Å². The summed E-state index contributed by atoms with van der Waals surface area (Å²) in [6.07, 6.45) is 4.50. The number of para-hydroxylation sites is 1. The van der Waals surface area contributed by atoms with Crippen molar-refractivity contribution in [2.45, 2.75) is 25.4 Å². The second-order valence-electron chi connectivity index (χ2n) is 7.69. The summed E-state index contributed by atoms with van der Waals surface area (Å²) in [4.78, 5) is 31.5. The monoisotopic (exact) mass is 414 g/mol. The van der Waals surface area contributed by atoms with Gasteiger partial charge in [0.1, 0.15) is 0 Å². The molecule has 1 aliphatic heterocycles. The highest BCUT2D eigenvalue weighted by molar-refractivity contribution is 6.35. The molecular weight excluding hydrogens is 388 g/mol. The molecule has 6 heteroatoms. The zero-order chi connectivity index (χ0) is 21.6. The fraction of sp³-hybridized carbons (Fsp3) is 0.240. The Hall–Kier alpha value is -3.67. The van der Waals surface area contributed by atoms with Gasteiger partial charge < -0.3 is 15.5 Å². The number of amides is 2. The summed E-state index contributed by atoms with van der Waals surface area (Å²) >= 11 is 0. The predicted octanol–water partition coefficient (Wildman–Crippen LogP) is 3.18. The quantitative estimate of drug-likeness (QED) is 0.608. The van der Waals surface area contributed by atoms with Crippen molar-refractivity contribution in [2.24, 2.45) is 0 Å². The maximum atomic E-state index is 12.5. The Morgan fingerprint density at radius 1 is 0.968 bits per heavy atom. The van der Waals surface area contributed by atoms with Crippen molar-refractivity contribution in [1.82, 2.24) is 15.6 Å². The van der Waals surface area contributed by atoms with Crippen LogP contribution >= 0.6 is 0 Å². The average molecular weight is 415 g/mol. The van der Waals surface area contributed by atoms with Crippen molar-refractivity contribution >= 4 is 17.5 Å². The third kappa shape index (κ3) is 4.74. The molecule has 4 rings (SSSR count). The Bertz CT molecular complexity index is 1040. The molecule has 2 N–H and O–H groups in total. The number of benzene rings is 2. The van der Waals surface area contributed by atoms with E-state index in [0.717, 1.165) is 29.8 Å². The SMILES string of the molecule is C[C@@H](NC(=O)C(=O)NC[C@@H](c1cccnc1)N1CCc2ccccc21)c1ccccc1. The van der Waals surface area contributed by atoms with E-state index in [4.69, 9.17) is 0 Å². The van der Waals surface area contributed by atoms with Gasteiger partial charge in [-0.1, -0.05) is 54.6 Å². The lowest BCUT2D eigenvalue weighted by Crippen LogP contribution is -2.44. The number of carbonyl (C=O) groups is 2. The molecule has 0 aliphatic carbocycles. The summed E-state index contributed by atoms with van der Waals surface area (Å²) in [6, 6.07) is 21.4. The molecule has 2 atom stereocenters. The number of pyridine rings is 1. The van der Waals surface area contributed by atoms with Crippen LogP contribution in [0.5, 0.6) is 0 Å². The maximum Gasteiger partial charge on any atom is 0.309 e. The van der Waals surface area contributed by atoms with Crippen molar-refractivity contribution in [3.05, 3.63) is 95.8 Å². The van der Waals surface area contributed by atoms with E-state index in [1.165, 1.54) is 5.56 Å². The highest BCUT2D eigenvalue weighted by Crippen LogP contribution is 2.34. The molecule has 1 aliphatic rings. The van der Waals surface area contributed by atoms with Crippen molar-refractivity contribution in [1.29, 1.82) is 0 Å². The molecule has 2 amide bonds. The number of nitrogens with zero attached hydrogens (tertiary/aromatic N) is 2. The van der Waals surface area contributed by atoms with Gasteiger partial charge in [0.05, 0.1) is 12.1 Å². The van der Waals surface area contributed by atoms with Crippen molar-refractivity contribution in [2.75, 3.05) is 18.0 Å². The maximum absolute atomic E-state index is 12.5. The van der Waals surface area contributed by atoms with Crippen LogP contribution in [0.3, 0.4) is 0 Å². The largest absolute Gasteiger partial charge is 0.362 e. The van der Waals surface area contributed by atoms with Gasteiger partial charge in [0.25, 0.3) is 0 Å². The summed E-state index contributed by atoms with van der Waals surface area (Å²) in [5.74, 6) is -1.27. The van der Waals surface area contributed by atoms with Gasteiger partial charge in [-0.05, 0) is 42.2 Å². The molecule has 0 unspecified atom stereocenters. The predicted molar refractivity (Wildman–Crippen MR) is 120 cm³/mol. The number of carbonyl (C=O) groups excluding carboxylic acids is 2. The number of rotatable bonds is 6. The molecule has 2 heterocycles. The highest BCUT2D eigenvalue weighted by Gasteiger charge is 2.28. The van der Waals surface area contributed by atoms with Crippen LogP contribution in [0.2, 0.25) is 0 Å². The summed E-state index contributed by atoms with van der Waals surface area (Å²) in [5, 5.41) is 5.59. The van der Waals surface area contributed by atoms with Gasteiger partial charge >= 0.3 is 11.8 Å². The second-order valence-corrected chi connectivity index (χ2v) is 7.69. The van der Waals surface area contributed by atoms with Crippen LogP contribution in [-0.2, 0) is 16.0 Å². The zero-order valence-electron chi connectivity index (χ0n) is 17.5. The molecule has 2 aromatic carbocycles. The van der Waals surface area contributed by atoms with Crippen molar-refractivity contribution < 1.29 is 9.59 Å². The lowest BCUT2D eigenvalue weighted by Gasteiger charge is -2.31. The van der Waals surface area contributed by atoms with Gasteiger partial charge in [-0.3, -0.25) is 14.6 Å². The standard InChI is InChI=1S/C25H26N4O2/c1-18(19-8-3-2-4-9-19)28-25(31)24(30)27-17-23(21-11-7-14-26-16-21)29-15-13-20-10-5-6-12-22(20)29/h2-12,14,16,18,23H,13,15,17H2,1H3,(H,27,30)(H,28,31)/t18-,23+/m1/s1. The summed E-state index contributed by atoms with van der Waals surface area (Å²) < 4.78 is 0. The van der Waals surface area contributed by atoms with E-state index in [2.05, 4.69) is 32.7 Å². The van der Waals surface area contributed by atoms with Gasteiger partial charge in [-0.15, -0.1) is 0 Å². The van der Waals surface area contributed by atoms with Crippen LogP contribution in [0.15, 0.2) is 79.1 Å². The Morgan fingerprint density at radius 3 is 2.48 bits per heavy atom. The minimum atomic E-state index is -0.636. The second kappa shape index (κ2) is 9.43. The fourth-order valence-corrected chi connectivity index (χ4v) is 4.03. The summed E-state index contributed by atoms with van der Waals surface area (Å²) in [7, 11) is 0. The first-order valence-electron chi connectivity index (χ1n) is 10.5. The molecule has 0 saturated carbocycles. The van der Waals surface area contributed by atoms with E-state index in [0.29, 0.717) is 6.54 Å². The molecule has 158 valence electrons. The molecule has 1 aromatic heterocycles. The van der Waals surface area contributed by atoms with Crippen LogP contribution < -0.4 is 15.5 Å². The first-order chi connectivity index (χ1) is 15.1. The lowest BCUT2D eigenvalue weighted by atomic mass is 10.1. The van der Waals surface area contributed by atoms with Crippen LogP contribution in [0.25, 0.3) is 0 Å². The van der Waals surface area contributed by atoms with Gasteiger partial charge in [-0.25, -0.2) is 0 Å². The number of hydrogen-bond acceptors (Lipinski definition) is 4. The van der Waals surface area contributed by atoms with E-state index in [-0.39, 0.29) is 12.1 Å². The number of fused-ring (bicyclic) bond motifs is 1. The van der Waals surface area contributed by atoms with E-state index in [1.54, 1.807) is 6.20 Å².